The van der Waals surface area contributed by atoms with Crippen molar-refractivity contribution in [2.75, 3.05) is 13.7 Å². The van der Waals surface area contributed by atoms with Crippen LogP contribution in [0.25, 0.3) is 0 Å². The summed E-state index contributed by atoms with van der Waals surface area (Å²) in [6.07, 6.45) is 4.67. The summed E-state index contributed by atoms with van der Waals surface area (Å²) in [5.41, 5.74) is 0.552. The minimum Gasteiger partial charge on any atom is -0.466 e. The fourth-order valence-electron chi connectivity index (χ4n) is 3.30. The highest BCUT2D eigenvalue weighted by atomic mass is 16.5. The van der Waals surface area contributed by atoms with E-state index in [1.165, 1.54) is 26.2 Å². The molecule has 0 heterocycles. The maximum atomic E-state index is 10.9. The van der Waals surface area contributed by atoms with Crippen molar-refractivity contribution in [1.82, 2.24) is 5.32 Å². The van der Waals surface area contributed by atoms with Crippen LogP contribution in [0.1, 0.15) is 60.3 Å². The topological polar surface area (TPSA) is 38.3 Å². The van der Waals surface area contributed by atoms with E-state index in [2.05, 4.69) is 40.1 Å². The molecule has 3 atom stereocenters. The number of esters is 1. The average molecular weight is 269 g/mol. The highest BCUT2D eigenvalue weighted by Crippen LogP contribution is 2.45. The van der Waals surface area contributed by atoms with Gasteiger partial charge in [0.15, 0.2) is 0 Å². The molecule has 1 N–H and O–H groups in total. The standard InChI is InChI=1S/C16H31NO2/c1-12(18)19-10-8-14-11-13(15(2,3)4)7-9-16(14,5)17-6/h13-14,17H,7-11H2,1-6H3. The Balaban J connectivity index is 2.66. The summed E-state index contributed by atoms with van der Waals surface area (Å²) in [6, 6.07) is 0. The zero-order chi connectivity index (χ0) is 14.7. The molecule has 19 heavy (non-hydrogen) atoms. The molecule has 0 aromatic heterocycles. The number of hydrogen-bond acceptors (Lipinski definition) is 3. The SMILES string of the molecule is CNC1(C)CCC(C(C)(C)C)CC1CCOC(C)=O. The van der Waals surface area contributed by atoms with Gasteiger partial charge in [0.2, 0.25) is 0 Å². The second kappa shape index (κ2) is 6.25. The van der Waals surface area contributed by atoms with Crippen molar-refractivity contribution in [2.24, 2.45) is 17.3 Å². The van der Waals surface area contributed by atoms with Gasteiger partial charge in [-0.15, -0.1) is 0 Å². The Kier molecular flexibility index (Phi) is 5.43. The molecule has 3 heteroatoms. The van der Waals surface area contributed by atoms with Gasteiger partial charge in [-0.05, 0) is 56.9 Å². The molecule has 3 unspecified atom stereocenters. The highest BCUT2D eigenvalue weighted by molar-refractivity contribution is 5.65. The molecule has 112 valence electrons. The molecule has 0 radical (unpaired) electrons. The maximum absolute atomic E-state index is 10.9. The second-order valence-electron chi connectivity index (χ2n) is 7.33. The molecule has 0 bridgehead atoms. The van der Waals surface area contributed by atoms with Crippen molar-refractivity contribution >= 4 is 5.97 Å². The molecule has 1 fully saturated rings. The third-order valence-electron chi connectivity index (χ3n) is 5.05. The molecular formula is C16H31NO2. The van der Waals surface area contributed by atoms with Gasteiger partial charge in [-0.25, -0.2) is 0 Å². The lowest BCUT2D eigenvalue weighted by Gasteiger charge is -2.48. The summed E-state index contributed by atoms with van der Waals surface area (Å²) in [7, 11) is 2.05. The van der Waals surface area contributed by atoms with Crippen LogP contribution in [0.15, 0.2) is 0 Å². The van der Waals surface area contributed by atoms with Gasteiger partial charge in [-0.3, -0.25) is 4.79 Å². The number of nitrogens with one attached hydrogen (secondary N) is 1. The number of carbonyl (C=O) groups excluding carboxylic acids is 1. The van der Waals surface area contributed by atoms with Gasteiger partial charge in [0.25, 0.3) is 0 Å². The zero-order valence-electron chi connectivity index (χ0n) is 13.5. The molecule has 0 spiro atoms. The average Bonchev–Trinajstić information content (AvgIpc) is 2.29. The zero-order valence-corrected chi connectivity index (χ0v) is 13.5. The van der Waals surface area contributed by atoms with Crippen LogP contribution in [0, 0.1) is 17.3 Å². The van der Waals surface area contributed by atoms with Crippen molar-refractivity contribution < 1.29 is 9.53 Å². The highest BCUT2D eigenvalue weighted by Gasteiger charge is 2.41. The minimum atomic E-state index is -0.172. The monoisotopic (exact) mass is 269 g/mol. The Hall–Kier alpha value is -0.570. The Morgan fingerprint density at radius 3 is 2.53 bits per heavy atom. The van der Waals surface area contributed by atoms with Crippen LogP contribution in [-0.2, 0) is 9.53 Å². The second-order valence-corrected chi connectivity index (χ2v) is 7.33. The Bertz CT molecular complexity index is 308. The van der Waals surface area contributed by atoms with Crippen molar-refractivity contribution in [3.8, 4) is 0 Å². The number of rotatable bonds is 4. The van der Waals surface area contributed by atoms with Crippen LogP contribution in [0.4, 0.5) is 0 Å². The van der Waals surface area contributed by atoms with E-state index in [4.69, 9.17) is 4.74 Å². The molecule has 0 saturated heterocycles. The van der Waals surface area contributed by atoms with E-state index in [-0.39, 0.29) is 11.5 Å². The van der Waals surface area contributed by atoms with Crippen LogP contribution in [0.3, 0.4) is 0 Å². The van der Waals surface area contributed by atoms with E-state index in [0.717, 1.165) is 12.3 Å². The van der Waals surface area contributed by atoms with Crippen molar-refractivity contribution in [1.29, 1.82) is 0 Å². The molecular weight excluding hydrogens is 238 g/mol. The van der Waals surface area contributed by atoms with E-state index < -0.39 is 0 Å². The third-order valence-corrected chi connectivity index (χ3v) is 5.05. The quantitative estimate of drug-likeness (QED) is 0.795. The normalized spacial score (nSPS) is 32.1. The van der Waals surface area contributed by atoms with Gasteiger partial charge >= 0.3 is 5.97 Å². The van der Waals surface area contributed by atoms with Gasteiger partial charge in [-0.1, -0.05) is 20.8 Å². The first-order valence-corrected chi connectivity index (χ1v) is 7.51. The lowest BCUT2D eigenvalue weighted by atomic mass is 9.62. The van der Waals surface area contributed by atoms with Crippen LogP contribution in [0.2, 0.25) is 0 Å². The molecule has 0 amide bonds. The van der Waals surface area contributed by atoms with E-state index in [9.17, 15) is 4.79 Å². The van der Waals surface area contributed by atoms with E-state index in [0.29, 0.717) is 17.9 Å². The maximum Gasteiger partial charge on any atom is 0.302 e. The van der Waals surface area contributed by atoms with E-state index >= 15 is 0 Å². The number of hydrogen-bond donors (Lipinski definition) is 1. The van der Waals surface area contributed by atoms with Gasteiger partial charge in [0.05, 0.1) is 6.61 Å². The summed E-state index contributed by atoms with van der Waals surface area (Å²) in [4.78, 5) is 10.9. The first-order chi connectivity index (χ1) is 8.69. The fourth-order valence-corrected chi connectivity index (χ4v) is 3.30. The van der Waals surface area contributed by atoms with Crippen LogP contribution in [-0.4, -0.2) is 25.2 Å². The largest absolute Gasteiger partial charge is 0.466 e. The molecule has 0 aromatic carbocycles. The summed E-state index contributed by atoms with van der Waals surface area (Å²) in [6.45, 7) is 11.4. The number of ether oxygens (including phenoxy) is 1. The summed E-state index contributed by atoms with van der Waals surface area (Å²) in [5.74, 6) is 1.17. The molecule has 1 saturated carbocycles. The van der Waals surface area contributed by atoms with Crippen LogP contribution >= 0.6 is 0 Å². The van der Waals surface area contributed by atoms with E-state index in [1.807, 2.05) is 0 Å². The smallest absolute Gasteiger partial charge is 0.302 e. The van der Waals surface area contributed by atoms with E-state index in [1.54, 1.807) is 0 Å². The van der Waals surface area contributed by atoms with Gasteiger partial charge in [0.1, 0.15) is 0 Å². The molecule has 3 nitrogen and oxygen atoms in total. The van der Waals surface area contributed by atoms with Gasteiger partial charge in [-0.2, -0.15) is 0 Å². The third kappa shape index (κ3) is 4.48. The van der Waals surface area contributed by atoms with Gasteiger partial charge < -0.3 is 10.1 Å². The van der Waals surface area contributed by atoms with Gasteiger partial charge in [0, 0.05) is 12.5 Å². The summed E-state index contributed by atoms with van der Waals surface area (Å²) >= 11 is 0. The Morgan fingerprint density at radius 2 is 2.05 bits per heavy atom. The Morgan fingerprint density at radius 1 is 1.42 bits per heavy atom. The lowest BCUT2D eigenvalue weighted by Crippen LogP contribution is -2.52. The first kappa shape index (κ1) is 16.5. The summed E-state index contributed by atoms with van der Waals surface area (Å²) < 4.78 is 5.14. The van der Waals surface area contributed by atoms with Crippen LogP contribution in [0.5, 0.6) is 0 Å². The molecule has 0 aromatic rings. The number of carbonyl (C=O) groups is 1. The van der Waals surface area contributed by atoms with Crippen molar-refractivity contribution in [3.63, 3.8) is 0 Å². The molecule has 1 rings (SSSR count). The predicted molar refractivity (Wildman–Crippen MR) is 79.0 cm³/mol. The summed E-state index contributed by atoms with van der Waals surface area (Å²) in [5, 5.41) is 3.50. The van der Waals surface area contributed by atoms with Crippen molar-refractivity contribution in [2.45, 2.75) is 65.8 Å². The predicted octanol–water partition coefficient (Wildman–Crippen LogP) is 3.38. The fraction of sp³-hybridized carbons (Fsp3) is 0.938. The Labute approximate surface area is 118 Å². The lowest BCUT2D eigenvalue weighted by molar-refractivity contribution is -0.141. The molecule has 1 aliphatic carbocycles. The molecule has 1 aliphatic rings. The van der Waals surface area contributed by atoms with Crippen LogP contribution < -0.4 is 5.32 Å². The van der Waals surface area contributed by atoms with Crippen molar-refractivity contribution in [3.05, 3.63) is 0 Å². The minimum absolute atomic E-state index is 0.172. The molecule has 0 aliphatic heterocycles. The first-order valence-electron chi connectivity index (χ1n) is 7.51.